The van der Waals surface area contributed by atoms with Crippen molar-refractivity contribution in [3.8, 4) is 5.69 Å². The molecule has 3 heterocycles. The van der Waals surface area contributed by atoms with Gasteiger partial charge in [-0.2, -0.15) is 5.10 Å². The Labute approximate surface area is 186 Å². The standard InChI is InChI=1S/C22H24FN5O3S/c1-3-4-18(15-9-11-24-21(13-15)32(2,30)31)26-22(29)27-12-10-19-20(27)14-25-28(19)17-7-5-16(23)6-8-17/h5-9,11,13-14,18H,3-4,10,12H2,1-2H3,(H,26,29). The molecule has 1 unspecified atom stereocenters. The minimum Gasteiger partial charge on any atom is -0.331 e. The lowest BCUT2D eigenvalue weighted by atomic mass is 10.0. The summed E-state index contributed by atoms with van der Waals surface area (Å²) < 4.78 is 38.7. The van der Waals surface area contributed by atoms with E-state index < -0.39 is 9.84 Å². The number of nitrogens with one attached hydrogen (secondary N) is 1. The molecule has 2 aromatic heterocycles. The summed E-state index contributed by atoms with van der Waals surface area (Å²) >= 11 is 0. The zero-order chi connectivity index (χ0) is 22.9. The largest absolute Gasteiger partial charge is 0.331 e. The third-order valence-electron chi connectivity index (χ3n) is 5.44. The molecule has 0 fully saturated rings. The number of hydrogen-bond donors (Lipinski definition) is 1. The molecule has 1 aliphatic rings. The lowest BCUT2D eigenvalue weighted by Gasteiger charge is -2.23. The number of sulfone groups is 1. The number of amides is 2. The average Bonchev–Trinajstić information content (AvgIpc) is 3.36. The van der Waals surface area contributed by atoms with Gasteiger partial charge in [0.15, 0.2) is 14.9 Å². The van der Waals surface area contributed by atoms with Crippen LogP contribution in [0.2, 0.25) is 0 Å². The van der Waals surface area contributed by atoms with Gasteiger partial charge < -0.3 is 5.32 Å². The van der Waals surface area contributed by atoms with Gasteiger partial charge in [0.05, 0.1) is 29.3 Å². The number of nitrogens with zero attached hydrogens (tertiary/aromatic N) is 4. The van der Waals surface area contributed by atoms with Crippen LogP contribution in [0.25, 0.3) is 5.69 Å². The molecule has 0 saturated carbocycles. The number of carbonyl (C=O) groups is 1. The number of urea groups is 1. The van der Waals surface area contributed by atoms with Gasteiger partial charge in [0.2, 0.25) is 0 Å². The Kier molecular flexibility index (Phi) is 5.96. The summed E-state index contributed by atoms with van der Waals surface area (Å²) in [6, 6.07) is 8.63. The third-order valence-corrected chi connectivity index (χ3v) is 6.43. The van der Waals surface area contributed by atoms with Crippen molar-refractivity contribution in [2.75, 3.05) is 17.7 Å². The maximum atomic E-state index is 13.3. The molecule has 0 bridgehead atoms. The number of carbonyl (C=O) groups excluding carboxylic acids is 1. The van der Waals surface area contributed by atoms with Crippen molar-refractivity contribution in [1.29, 1.82) is 0 Å². The third kappa shape index (κ3) is 4.36. The Hall–Kier alpha value is -3.27. The summed E-state index contributed by atoms with van der Waals surface area (Å²) in [5.74, 6) is -0.323. The number of rotatable bonds is 6. The Balaban J connectivity index is 1.56. The summed E-state index contributed by atoms with van der Waals surface area (Å²) in [6.07, 6.45) is 6.25. The zero-order valence-electron chi connectivity index (χ0n) is 17.8. The van der Waals surface area contributed by atoms with Crippen LogP contribution in [-0.4, -0.2) is 42.0 Å². The lowest BCUT2D eigenvalue weighted by Crippen LogP contribution is -2.41. The van der Waals surface area contributed by atoms with E-state index in [0.717, 1.165) is 24.1 Å². The van der Waals surface area contributed by atoms with Crippen molar-refractivity contribution < 1.29 is 17.6 Å². The number of benzene rings is 1. The van der Waals surface area contributed by atoms with Crippen LogP contribution in [0.5, 0.6) is 0 Å². The molecule has 1 aromatic carbocycles. The van der Waals surface area contributed by atoms with Crippen molar-refractivity contribution in [3.05, 3.63) is 65.9 Å². The first-order chi connectivity index (χ1) is 15.3. The molecular weight excluding hydrogens is 433 g/mol. The van der Waals surface area contributed by atoms with Gasteiger partial charge in [-0.1, -0.05) is 13.3 Å². The van der Waals surface area contributed by atoms with Gasteiger partial charge in [0.25, 0.3) is 0 Å². The molecule has 0 radical (unpaired) electrons. The molecular formula is C22H24FN5O3S. The van der Waals surface area contributed by atoms with Crippen LogP contribution in [0.1, 0.15) is 37.1 Å². The summed E-state index contributed by atoms with van der Waals surface area (Å²) in [5.41, 5.74) is 3.00. The maximum absolute atomic E-state index is 13.3. The molecule has 1 N–H and O–H groups in total. The van der Waals surface area contributed by atoms with Crippen LogP contribution < -0.4 is 10.2 Å². The molecule has 3 aromatic rings. The monoisotopic (exact) mass is 457 g/mol. The highest BCUT2D eigenvalue weighted by molar-refractivity contribution is 7.90. The van der Waals surface area contributed by atoms with Crippen LogP contribution in [0, 0.1) is 5.82 Å². The second-order valence-corrected chi connectivity index (χ2v) is 9.72. The van der Waals surface area contributed by atoms with Crippen molar-refractivity contribution >= 4 is 21.6 Å². The number of fused-ring (bicyclic) bond motifs is 1. The number of pyridine rings is 1. The highest BCUT2D eigenvalue weighted by Crippen LogP contribution is 2.30. The molecule has 168 valence electrons. The highest BCUT2D eigenvalue weighted by Gasteiger charge is 2.30. The summed E-state index contributed by atoms with van der Waals surface area (Å²) in [5, 5.41) is 7.39. The van der Waals surface area contributed by atoms with Crippen LogP contribution in [0.15, 0.2) is 53.8 Å². The molecule has 1 atom stereocenters. The Morgan fingerprint density at radius 1 is 1.25 bits per heavy atom. The van der Waals surface area contributed by atoms with Crippen molar-refractivity contribution in [2.24, 2.45) is 0 Å². The maximum Gasteiger partial charge on any atom is 0.322 e. The minimum absolute atomic E-state index is 0.0191. The number of halogens is 1. The van der Waals surface area contributed by atoms with E-state index in [1.54, 1.807) is 34.0 Å². The number of anilines is 1. The summed E-state index contributed by atoms with van der Waals surface area (Å²) in [6.45, 7) is 2.49. The predicted molar refractivity (Wildman–Crippen MR) is 118 cm³/mol. The normalized spacial score (nSPS) is 14.3. The first kappa shape index (κ1) is 21.9. The predicted octanol–water partition coefficient (Wildman–Crippen LogP) is 3.42. The van der Waals surface area contributed by atoms with E-state index in [-0.39, 0.29) is 22.9 Å². The zero-order valence-corrected chi connectivity index (χ0v) is 18.6. The van der Waals surface area contributed by atoms with Crippen LogP contribution in [0.3, 0.4) is 0 Å². The first-order valence-corrected chi connectivity index (χ1v) is 12.2. The quantitative estimate of drug-likeness (QED) is 0.612. The van der Waals surface area contributed by atoms with Crippen LogP contribution >= 0.6 is 0 Å². The van der Waals surface area contributed by atoms with Gasteiger partial charge >= 0.3 is 6.03 Å². The van der Waals surface area contributed by atoms with E-state index in [0.29, 0.717) is 30.6 Å². The Morgan fingerprint density at radius 2 is 2.00 bits per heavy atom. The topological polar surface area (TPSA) is 97.2 Å². The van der Waals surface area contributed by atoms with Gasteiger partial charge in [0, 0.05) is 25.4 Å². The van der Waals surface area contributed by atoms with Gasteiger partial charge in [0.1, 0.15) is 5.82 Å². The van der Waals surface area contributed by atoms with Crippen molar-refractivity contribution in [1.82, 2.24) is 20.1 Å². The van der Waals surface area contributed by atoms with Gasteiger partial charge in [-0.3, -0.25) is 4.90 Å². The van der Waals surface area contributed by atoms with Crippen LogP contribution in [0.4, 0.5) is 14.9 Å². The molecule has 0 aliphatic carbocycles. The second-order valence-electron chi connectivity index (χ2n) is 7.76. The van der Waals surface area contributed by atoms with E-state index in [4.69, 9.17) is 0 Å². The lowest BCUT2D eigenvalue weighted by molar-refractivity contribution is 0.242. The second kappa shape index (κ2) is 8.70. The van der Waals surface area contributed by atoms with E-state index in [1.807, 2.05) is 6.92 Å². The molecule has 10 heteroatoms. The summed E-state index contributed by atoms with van der Waals surface area (Å²) in [4.78, 5) is 18.7. The van der Waals surface area contributed by atoms with E-state index in [1.165, 1.54) is 24.4 Å². The fraction of sp³-hybridized carbons (Fsp3) is 0.318. The smallest absolute Gasteiger partial charge is 0.322 e. The Morgan fingerprint density at radius 3 is 2.69 bits per heavy atom. The van der Waals surface area contributed by atoms with E-state index in [2.05, 4.69) is 15.4 Å². The Bertz CT molecular complexity index is 1240. The molecule has 0 spiro atoms. The molecule has 32 heavy (non-hydrogen) atoms. The molecule has 0 saturated heterocycles. The van der Waals surface area contributed by atoms with E-state index in [9.17, 15) is 17.6 Å². The SMILES string of the molecule is CCCC(NC(=O)N1CCc2c1cnn2-c1ccc(F)cc1)c1ccnc(S(C)(=O)=O)c1. The highest BCUT2D eigenvalue weighted by atomic mass is 32.2. The van der Waals surface area contributed by atoms with E-state index >= 15 is 0 Å². The fourth-order valence-electron chi connectivity index (χ4n) is 3.86. The van der Waals surface area contributed by atoms with Crippen LogP contribution in [-0.2, 0) is 16.3 Å². The first-order valence-electron chi connectivity index (χ1n) is 10.3. The minimum atomic E-state index is -3.45. The van der Waals surface area contributed by atoms with Crippen molar-refractivity contribution in [2.45, 2.75) is 37.3 Å². The number of hydrogen-bond acceptors (Lipinski definition) is 5. The fourth-order valence-corrected chi connectivity index (χ4v) is 4.46. The van der Waals surface area contributed by atoms with Gasteiger partial charge in [-0.15, -0.1) is 0 Å². The van der Waals surface area contributed by atoms with Gasteiger partial charge in [-0.05, 0) is 48.4 Å². The molecule has 4 rings (SSSR count). The van der Waals surface area contributed by atoms with Crippen molar-refractivity contribution in [3.63, 3.8) is 0 Å². The molecule has 8 nitrogen and oxygen atoms in total. The van der Waals surface area contributed by atoms with Gasteiger partial charge in [-0.25, -0.2) is 27.3 Å². The molecule has 2 amide bonds. The summed E-state index contributed by atoms with van der Waals surface area (Å²) in [7, 11) is -3.45. The number of aromatic nitrogens is 3. The molecule has 1 aliphatic heterocycles. The average molecular weight is 458 g/mol.